The lowest BCUT2D eigenvalue weighted by atomic mass is 10.1. The first-order valence-electron chi connectivity index (χ1n) is 10.00. The predicted molar refractivity (Wildman–Crippen MR) is 107 cm³/mol. The molecule has 0 aliphatic carbocycles. The Morgan fingerprint density at radius 3 is 2.73 bits per heavy atom. The fourth-order valence-electron chi connectivity index (χ4n) is 3.38. The maximum atomic E-state index is 13.1. The highest BCUT2D eigenvalue weighted by Gasteiger charge is 2.42. The first-order valence-corrected chi connectivity index (χ1v) is 10.00. The van der Waals surface area contributed by atoms with Crippen molar-refractivity contribution in [1.82, 2.24) is 20.2 Å². The third-order valence-electron chi connectivity index (χ3n) is 5.21. The molecule has 0 bridgehead atoms. The molecule has 0 fully saturated rings. The third kappa shape index (κ3) is 5.05. The van der Waals surface area contributed by atoms with Crippen molar-refractivity contribution >= 4 is 11.8 Å². The van der Waals surface area contributed by atoms with Gasteiger partial charge in [-0.1, -0.05) is 0 Å². The number of hydrogen-bond donors (Lipinski definition) is 2. The second-order valence-corrected chi connectivity index (χ2v) is 7.52. The number of aryl methyl sites for hydroxylation is 1. The highest BCUT2D eigenvalue weighted by atomic mass is 19.3. The van der Waals surface area contributed by atoms with E-state index in [1.165, 1.54) is 30.3 Å². The summed E-state index contributed by atoms with van der Waals surface area (Å²) in [7, 11) is 0. The molecule has 2 aromatic rings. The van der Waals surface area contributed by atoms with Crippen LogP contribution in [0.15, 0.2) is 24.5 Å². The molecule has 2 N–H and O–H groups in total. The van der Waals surface area contributed by atoms with Crippen molar-refractivity contribution in [3.63, 3.8) is 0 Å². The Morgan fingerprint density at radius 2 is 2.09 bits per heavy atom. The number of aliphatic hydroxyl groups is 1. The van der Waals surface area contributed by atoms with Crippen LogP contribution in [0.5, 0.6) is 5.88 Å². The van der Waals surface area contributed by atoms with Crippen molar-refractivity contribution in [3.8, 4) is 5.88 Å². The summed E-state index contributed by atoms with van der Waals surface area (Å²) in [5.74, 6) is -5.36. The van der Waals surface area contributed by atoms with Gasteiger partial charge >= 0.3 is 12.3 Å². The molecule has 0 saturated carbocycles. The minimum absolute atomic E-state index is 0.0425. The Balaban J connectivity index is 1.77. The topological polar surface area (TPSA) is 105 Å². The Hall–Kier alpha value is -3.28. The van der Waals surface area contributed by atoms with Crippen LogP contribution in [0.1, 0.15) is 50.5 Å². The van der Waals surface area contributed by atoms with Gasteiger partial charge in [-0.15, -0.1) is 0 Å². The number of carbonyl (C=O) groups is 2. The number of rotatable bonds is 9. The van der Waals surface area contributed by atoms with Crippen LogP contribution in [0.4, 0.5) is 17.6 Å². The summed E-state index contributed by atoms with van der Waals surface area (Å²) in [5, 5.41) is 11.4. The number of hydrogen-bond acceptors (Lipinski definition) is 6. The van der Waals surface area contributed by atoms with Crippen molar-refractivity contribution in [2.45, 2.75) is 38.8 Å². The van der Waals surface area contributed by atoms with E-state index in [-0.39, 0.29) is 37.2 Å². The van der Waals surface area contributed by atoms with E-state index in [9.17, 15) is 27.2 Å². The minimum atomic E-state index is -4.30. The van der Waals surface area contributed by atoms with Crippen LogP contribution >= 0.6 is 0 Å². The second kappa shape index (κ2) is 9.69. The van der Waals surface area contributed by atoms with Gasteiger partial charge in [0.05, 0.1) is 12.6 Å². The number of alkyl halides is 4. The maximum absolute atomic E-state index is 13.1. The van der Waals surface area contributed by atoms with Gasteiger partial charge in [0, 0.05) is 42.2 Å². The number of ether oxygens (including phenoxy) is 1. The van der Waals surface area contributed by atoms with Crippen LogP contribution < -0.4 is 10.1 Å². The SMILES string of the molecule is Cc1cc(C(C)N2Cc3c(ccnc3C(=O)NCCO)C2=O)cnc1OCC(F)(F)C(F)F. The van der Waals surface area contributed by atoms with Gasteiger partial charge in [0.1, 0.15) is 5.69 Å². The van der Waals surface area contributed by atoms with Gasteiger partial charge < -0.3 is 20.1 Å². The molecule has 3 rings (SSSR count). The number of carbonyl (C=O) groups excluding carboxylic acids is 2. The van der Waals surface area contributed by atoms with Crippen molar-refractivity contribution < 1.29 is 37.0 Å². The van der Waals surface area contributed by atoms with Gasteiger partial charge in [0.15, 0.2) is 6.61 Å². The zero-order chi connectivity index (χ0) is 24.3. The third-order valence-corrected chi connectivity index (χ3v) is 5.21. The highest BCUT2D eigenvalue weighted by molar-refractivity contribution is 6.03. The highest BCUT2D eigenvalue weighted by Crippen LogP contribution is 2.33. The monoisotopic (exact) mass is 470 g/mol. The van der Waals surface area contributed by atoms with Crippen LogP contribution in [-0.2, 0) is 6.54 Å². The predicted octanol–water partition coefficient (Wildman–Crippen LogP) is 2.50. The fourth-order valence-corrected chi connectivity index (χ4v) is 3.38. The standard InChI is InChI=1S/C21H22F4N4O4/c1-11-7-13(8-28-18(11)33-10-21(24,25)20(22)23)12(2)29-9-15-14(19(29)32)3-4-26-16(15)17(31)27-5-6-30/h3-4,7-8,12,20,30H,5-6,9-10H2,1-2H3,(H,27,31). The lowest BCUT2D eigenvalue weighted by Gasteiger charge is -2.25. The van der Waals surface area contributed by atoms with E-state index in [4.69, 9.17) is 9.84 Å². The van der Waals surface area contributed by atoms with Crippen molar-refractivity contribution in [1.29, 1.82) is 0 Å². The molecular weight excluding hydrogens is 448 g/mol. The number of fused-ring (bicyclic) bond motifs is 1. The molecule has 1 aliphatic heterocycles. The number of nitrogens with one attached hydrogen (secondary N) is 1. The fraction of sp³-hybridized carbons (Fsp3) is 0.429. The summed E-state index contributed by atoms with van der Waals surface area (Å²) in [6.45, 7) is 1.64. The van der Waals surface area contributed by atoms with Crippen molar-refractivity contribution in [2.24, 2.45) is 0 Å². The molecule has 1 unspecified atom stereocenters. The Kier molecular flexibility index (Phi) is 7.15. The summed E-state index contributed by atoms with van der Waals surface area (Å²) in [6.07, 6.45) is -1.19. The van der Waals surface area contributed by atoms with E-state index >= 15 is 0 Å². The second-order valence-electron chi connectivity index (χ2n) is 7.52. The number of halogens is 4. The number of nitrogens with zero attached hydrogens (tertiary/aromatic N) is 3. The number of amides is 2. The molecular formula is C21H22F4N4O4. The van der Waals surface area contributed by atoms with E-state index in [0.717, 1.165) is 0 Å². The van der Waals surface area contributed by atoms with Gasteiger partial charge in [0.2, 0.25) is 5.88 Å². The number of aromatic nitrogens is 2. The van der Waals surface area contributed by atoms with Crippen molar-refractivity contribution in [3.05, 3.63) is 52.5 Å². The van der Waals surface area contributed by atoms with Crippen LogP contribution in [0.25, 0.3) is 0 Å². The van der Waals surface area contributed by atoms with E-state index in [1.807, 2.05) is 0 Å². The summed E-state index contributed by atoms with van der Waals surface area (Å²) >= 11 is 0. The molecule has 8 nitrogen and oxygen atoms in total. The van der Waals surface area contributed by atoms with E-state index in [2.05, 4.69) is 15.3 Å². The smallest absolute Gasteiger partial charge is 0.340 e. The molecule has 1 aliphatic rings. The average molecular weight is 470 g/mol. The maximum Gasteiger partial charge on any atom is 0.340 e. The van der Waals surface area contributed by atoms with Gasteiger partial charge in [-0.05, 0) is 31.5 Å². The van der Waals surface area contributed by atoms with E-state index in [1.54, 1.807) is 13.0 Å². The lowest BCUT2D eigenvalue weighted by Crippen LogP contribution is -2.34. The number of pyridine rings is 2. The molecule has 2 amide bonds. The van der Waals surface area contributed by atoms with Crippen molar-refractivity contribution in [2.75, 3.05) is 19.8 Å². The number of aliphatic hydroxyl groups excluding tert-OH is 1. The summed E-state index contributed by atoms with van der Waals surface area (Å²) < 4.78 is 55.6. The molecule has 178 valence electrons. The Bertz CT molecular complexity index is 1050. The Morgan fingerprint density at radius 1 is 1.36 bits per heavy atom. The molecule has 0 spiro atoms. The van der Waals surface area contributed by atoms with Gasteiger partial charge in [-0.25, -0.2) is 13.8 Å². The summed E-state index contributed by atoms with van der Waals surface area (Å²) in [5.41, 5.74) is 1.75. The largest absolute Gasteiger partial charge is 0.471 e. The average Bonchev–Trinajstić information content (AvgIpc) is 3.12. The minimum Gasteiger partial charge on any atom is -0.471 e. The zero-order valence-corrected chi connectivity index (χ0v) is 17.8. The van der Waals surface area contributed by atoms with Crippen LogP contribution in [-0.4, -0.2) is 63.9 Å². The Labute approximate surface area is 186 Å². The summed E-state index contributed by atoms with van der Waals surface area (Å²) in [6, 6.07) is 2.56. The molecule has 0 saturated heterocycles. The molecule has 12 heteroatoms. The van der Waals surface area contributed by atoms with Crippen LogP contribution in [0.3, 0.4) is 0 Å². The molecule has 0 aromatic carbocycles. The first-order chi connectivity index (χ1) is 15.6. The zero-order valence-electron chi connectivity index (χ0n) is 17.8. The molecule has 2 aromatic heterocycles. The molecule has 3 heterocycles. The summed E-state index contributed by atoms with van der Waals surface area (Å²) in [4.78, 5) is 34.8. The van der Waals surface area contributed by atoms with E-state index in [0.29, 0.717) is 22.3 Å². The quantitative estimate of drug-likeness (QED) is 0.546. The van der Waals surface area contributed by atoms with Gasteiger partial charge in [-0.2, -0.15) is 8.78 Å². The normalized spacial score (nSPS) is 14.4. The molecule has 1 atom stereocenters. The van der Waals surface area contributed by atoms with Crippen LogP contribution in [0, 0.1) is 6.92 Å². The van der Waals surface area contributed by atoms with Crippen LogP contribution in [0.2, 0.25) is 0 Å². The molecule has 33 heavy (non-hydrogen) atoms. The van der Waals surface area contributed by atoms with Gasteiger partial charge in [-0.3, -0.25) is 14.6 Å². The lowest BCUT2D eigenvalue weighted by molar-refractivity contribution is -0.148. The first kappa shape index (κ1) is 24.4. The van der Waals surface area contributed by atoms with Gasteiger partial charge in [0.25, 0.3) is 11.8 Å². The molecule has 0 radical (unpaired) electrons. The van der Waals surface area contributed by atoms with E-state index < -0.39 is 30.9 Å².